The fourth-order valence-corrected chi connectivity index (χ4v) is 1.81. The summed E-state index contributed by atoms with van der Waals surface area (Å²) in [6, 6.07) is 0.495. The van der Waals surface area contributed by atoms with E-state index in [1.54, 1.807) is 0 Å². The minimum Gasteiger partial charge on any atom is -0.369 e. The van der Waals surface area contributed by atoms with E-state index in [2.05, 4.69) is 33.0 Å². The van der Waals surface area contributed by atoms with E-state index in [0.29, 0.717) is 12.1 Å². The lowest BCUT2D eigenvalue weighted by molar-refractivity contribution is -0.118. The topological polar surface area (TPSA) is 21.3 Å². The number of rotatable bonds is 2. The van der Waals surface area contributed by atoms with Crippen LogP contribution in [0.3, 0.4) is 0 Å². The molecule has 0 spiro atoms. The van der Waals surface area contributed by atoms with Crippen LogP contribution in [0.25, 0.3) is 0 Å². The van der Waals surface area contributed by atoms with Gasteiger partial charge in [-0.3, -0.25) is 0 Å². The van der Waals surface area contributed by atoms with Crippen molar-refractivity contribution in [2.75, 3.05) is 6.54 Å². The Labute approximate surface area is 75.7 Å². The lowest BCUT2D eigenvalue weighted by Crippen LogP contribution is -2.55. The van der Waals surface area contributed by atoms with Gasteiger partial charge in [0, 0.05) is 12.6 Å². The summed E-state index contributed by atoms with van der Waals surface area (Å²) in [5.74, 6) is 0. The SMILES string of the molecule is CCCC1(C)CNC(C)C(C)O1. The van der Waals surface area contributed by atoms with Crippen LogP contribution in [0, 0.1) is 0 Å². The molecule has 3 unspecified atom stereocenters. The van der Waals surface area contributed by atoms with Gasteiger partial charge < -0.3 is 10.1 Å². The van der Waals surface area contributed by atoms with Gasteiger partial charge in [-0.05, 0) is 27.2 Å². The summed E-state index contributed by atoms with van der Waals surface area (Å²) in [7, 11) is 0. The van der Waals surface area contributed by atoms with Crippen LogP contribution >= 0.6 is 0 Å². The van der Waals surface area contributed by atoms with Crippen LogP contribution in [0.1, 0.15) is 40.5 Å². The number of ether oxygens (including phenoxy) is 1. The number of morpholine rings is 1. The molecular formula is C10H21NO. The quantitative estimate of drug-likeness (QED) is 0.685. The Balaban J connectivity index is 2.48. The molecule has 0 bridgehead atoms. The van der Waals surface area contributed by atoms with Gasteiger partial charge in [-0.1, -0.05) is 13.3 Å². The van der Waals surface area contributed by atoms with Crippen molar-refractivity contribution in [3.8, 4) is 0 Å². The van der Waals surface area contributed by atoms with Crippen LogP contribution in [-0.2, 0) is 4.74 Å². The van der Waals surface area contributed by atoms with Gasteiger partial charge in [0.15, 0.2) is 0 Å². The molecule has 0 aromatic carbocycles. The molecule has 1 saturated heterocycles. The Kier molecular flexibility index (Phi) is 3.13. The molecule has 0 saturated carbocycles. The van der Waals surface area contributed by atoms with E-state index in [1.165, 1.54) is 6.42 Å². The number of nitrogens with one attached hydrogen (secondary N) is 1. The van der Waals surface area contributed by atoms with Crippen LogP contribution < -0.4 is 5.32 Å². The number of hydrogen-bond donors (Lipinski definition) is 1. The highest BCUT2D eigenvalue weighted by atomic mass is 16.5. The highest BCUT2D eigenvalue weighted by molar-refractivity contribution is 4.87. The van der Waals surface area contributed by atoms with Crippen LogP contribution in [0.4, 0.5) is 0 Å². The normalized spacial score (nSPS) is 43.0. The van der Waals surface area contributed by atoms with Crippen LogP contribution in [0.5, 0.6) is 0 Å². The summed E-state index contributed by atoms with van der Waals surface area (Å²) in [4.78, 5) is 0. The molecule has 2 heteroatoms. The van der Waals surface area contributed by atoms with E-state index in [0.717, 1.165) is 13.0 Å². The van der Waals surface area contributed by atoms with Crippen LogP contribution in [-0.4, -0.2) is 24.3 Å². The van der Waals surface area contributed by atoms with Gasteiger partial charge in [0.05, 0.1) is 11.7 Å². The summed E-state index contributed by atoms with van der Waals surface area (Å²) in [6.45, 7) is 9.72. The van der Waals surface area contributed by atoms with Gasteiger partial charge in [-0.15, -0.1) is 0 Å². The molecule has 1 rings (SSSR count). The van der Waals surface area contributed by atoms with Crippen molar-refractivity contribution < 1.29 is 4.74 Å². The second-order valence-electron chi connectivity index (χ2n) is 4.19. The third-order valence-electron chi connectivity index (χ3n) is 2.75. The Morgan fingerprint density at radius 2 is 2.17 bits per heavy atom. The Hall–Kier alpha value is -0.0800. The van der Waals surface area contributed by atoms with Crippen molar-refractivity contribution in [1.82, 2.24) is 5.32 Å². The Morgan fingerprint density at radius 1 is 1.50 bits per heavy atom. The first-order valence-corrected chi connectivity index (χ1v) is 4.98. The lowest BCUT2D eigenvalue weighted by Gasteiger charge is -2.41. The Bertz CT molecular complexity index is 149. The molecule has 1 heterocycles. The lowest BCUT2D eigenvalue weighted by atomic mass is 9.96. The summed E-state index contributed by atoms with van der Waals surface area (Å²) in [5, 5.41) is 3.48. The largest absolute Gasteiger partial charge is 0.369 e. The van der Waals surface area contributed by atoms with E-state index in [9.17, 15) is 0 Å². The van der Waals surface area contributed by atoms with E-state index < -0.39 is 0 Å². The molecule has 2 nitrogen and oxygen atoms in total. The monoisotopic (exact) mass is 171 g/mol. The van der Waals surface area contributed by atoms with Gasteiger partial charge in [0.1, 0.15) is 0 Å². The summed E-state index contributed by atoms with van der Waals surface area (Å²) >= 11 is 0. The van der Waals surface area contributed by atoms with E-state index in [-0.39, 0.29) is 5.60 Å². The molecule has 0 radical (unpaired) electrons. The van der Waals surface area contributed by atoms with Gasteiger partial charge in [0.25, 0.3) is 0 Å². The maximum Gasteiger partial charge on any atom is 0.0782 e. The van der Waals surface area contributed by atoms with Crippen molar-refractivity contribution in [1.29, 1.82) is 0 Å². The van der Waals surface area contributed by atoms with Crippen LogP contribution in [0.15, 0.2) is 0 Å². The molecule has 72 valence electrons. The fourth-order valence-electron chi connectivity index (χ4n) is 1.81. The number of hydrogen-bond acceptors (Lipinski definition) is 2. The van der Waals surface area contributed by atoms with Crippen molar-refractivity contribution in [3.63, 3.8) is 0 Å². The average Bonchev–Trinajstić information content (AvgIpc) is 1.98. The third kappa shape index (κ3) is 2.20. The molecule has 1 N–H and O–H groups in total. The smallest absolute Gasteiger partial charge is 0.0782 e. The molecule has 3 atom stereocenters. The first kappa shape index (κ1) is 10.0. The molecular weight excluding hydrogens is 150 g/mol. The molecule has 1 aliphatic heterocycles. The molecule has 1 aliphatic rings. The van der Waals surface area contributed by atoms with Crippen molar-refractivity contribution in [3.05, 3.63) is 0 Å². The molecule has 1 fully saturated rings. The molecule has 0 amide bonds. The first-order chi connectivity index (χ1) is 5.57. The second kappa shape index (κ2) is 3.75. The van der Waals surface area contributed by atoms with Gasteiger partial charge in [-0.25, -0.2) is 0 Å². The molecule has 0 aromatic rings. The third-order valence-corrected chi connectivity index (χ3v) is 2.75. The van der Waals surface area contributed by atoms with E-state index in [4.69, 9.17) is 4.74 Å². The highest BCUT2D eigenvalue weighted by Gasteiger charge is 2.33. The summed E-state index contributed by atoms with van der Waals surface area (Å²) in [6.07, 6.45) is 2.69. The minimum atomic E-state index is 0.0701. The van der Waals surface area contributed by atoms with Crippen LogP contribution in [0.2, 0.25) is 0 Å². The zero-order valence-electron chi connectivity index (χ0n) is 8.68. The average molecular weight is 171 g/mol. The molecule has 0 aliphatic carbocycles. The standard InChI is InChI=1S/C10H21NO/c1-5-6-10(4)7-11-8(2)9(3)12-10/h8-9,11H,5-7H2,1-4H3. The van der Waals surface area contributed by atoms with E-state index in [1.807, 2.05) is 0 Å². The predicted molar refractivity (Wildman–Crippen MR) is 51.3 cm³/mol. The highest BCUT2D eigenvalue weighted by Crippen LogP contribution is 2.23. The Morgan fingerprint density at radius 3 is 2.67 bits per heavy atom. The second-order valence-corrected chi connectivity index (χ2v) is 4.19. The zero-order chi connectivity index (χ0) is 9.19. The van der Waals surface area contributed by atoms with Gasteiger partial charge >= 0.3 is 0 Å². The summed E-state index contributed by atoms with van der Waals surface area (Å²) < 4.78 is 5.96. The maximum absolute atomic E-state index is 5.96. The van der Waals surface area contributed by atoms with Crippen molar-refractivity contribution in [2.45, 2.75) is 58.3 Å². The van der Waals surface area contributed by atoms with Crippen molar-refractivity contribution in [2.24, 2.45) is 0 Å². The van der Waals surface area contributed by atoms with Gasteiger partial charge in [-0.2, -0.15) is 0 Å². The minimum absolute atomic E-state index is 0.0701. The fraction of sp³-hybridized carbons (Fsp3) is 1.00. The molecule has 0 aromatic heterocycles. The summed E-state index contributed by atoms with van der Waals surface area (Å²) in [5.41, 5.74) is 0.0701. The predicted octanol–water partition coefficient (Wildman–Crippen LogP) is 1.94. The zero-order valence-corrected chi connectivity index (χ0v) is 8.68. The van der Waals surface area contributed by atoms with E-state index >= 15 is 0 Å². The molecule has 12 heavy (non-hydrogen) atoms. The van der Waals surface area contributed by atoms with Gasteiger partial charge in [0.2, 0.25) is 0 Å². The first-order valence-electron chi connectivity index (χ1n) is 4.98. The maximum atomic E-state index is 5.96. The van der Waals surface area contributed by atoms with Crippen molar-refractivity contribution >= 4 is 0 Å².